The van der Waals surface area contributed by atoms with Crippen LogP contribution in [-0.4, -0.2) is 42.5 Å². The normalized spacial score (nSPS) is 10.2. The number of halogens is 1. The average Bonchev–Trinajstić information content (AvgIpc) is 2.28. The molecular weight excluding hydrogens is 229 g/mol. The lowest BCUT2D eigenvalue weighted by Gasteiger charge is -2.07. The standard InChI is InChI=1S/C11H14FNO4/c12-8-1-2-9(10(15)7-8)11(16)13-3-5-17-6-4-14/h1-2,7,14-15H,3-6H2,(H,13,16). The lowest BCUT2D eigenvalue weighted by Crippen LogP contribution is -2.27. The van der Waals surface area contributed by atoms with Gasteiger partial charge < -0.3 is 20.3 Å². The molecule has 1 rings (SSSR count). The van der Waals surface area contributed by atoms with Crippen molar-refractivity contribution in [3.8, 4) is 5.75 Å². The smallest absolute Gasteiger partial charge is 0.255 e. The van der Waals surface area contributed by atoms with E-state index in [-0.39, 0.29) is 31.9 Å². The highest BCUT2D eigenvalue weighted by Crippen LogP contribution is 2.17. The van der Waals surface area contributed by atoms with Crippen LogP contribution in [0.2, 0.25) is 0 Å². The van der Waals surface area contributed by atoms with Crippen molar-refractivity contribution in [2.75, 3.05) is 26.4 Å². The summed E-state index contributed by atoms with van der Waals surface area (Å²) in [5.74, 6) is -1.51. The number of phenols is 1. The maximum absolute atomic E-state index is 12.7. The summed E-state index contributed by atoms with van der Waals surface area (Å²) in [6.07, 6.45) is 0. The molecule has 6 heteroatoms. The number of phenolic OH excluding ortho intramolecular Hbond substituents is 1. The van der Waals surface area contributed by atoms with Crippen LogP contribution in [0, 0.1) is 5.82 Å². The van der Waals surface area contributed by atoms with E-state index in [1.165, 1.54) is 6.07 Å². The van der Waals surface area contributed by atoms with Crippen molar-refractivity contribution in [3.05, 3.63) is 29.6 Å². The first kappa shape index (κ1) is 13.4. The predicted molar refractivity (Wildman–Crippen MR) is 58.3 cm³/mol. The molecule has 0 radical (unpaired) electrons. The van der Waals surface area contributed by atoms with Crippen LogP contribution in [-0.2, 0) is 4.74 Å². The van der Waals surface area contributed by atoms with Crippen LogP contribution in [0.5, 0.6) is 5.75 Å². The molecule has 0 aliphatic carbocycles. The van der Waals surface area contributed by atoms with E-state index in [1.54, 1.807) is 0 Å². The maximum Gasteiger partial charge on any atom is 0.255 e. The highest BCUT2D eigenvalue weighted by atomic mass is 19.1. The largest absolute Gasteiger partial charge is 0.507 e. The molecule has 0 saturated carbocycles. The molecule has 5 nitrogen and oxygen atoms in total. The number of carbonyl (C=O) groups is 1. The highest BCUT2D eigenvalue weighted by molar-refractivity contribution is 5.96. The monoisotopic (exact) mass is 243 g/mol. The quantitative estimate of drug-likeness (QED) is 0.627. The molecule has 0 atom stereocenters. The molecule has 0 aliphatic rings. The van der Waals surface area contributed by atoms with Gasteiger partial charge in [0.1, 0.15) is 11.6 Å². The number of hydrogen-bond donors (Lipinski definition) is 3. The molecule has 1 aromatic carbocycles. The summed E-state index contributed by atoms with van der Waals surface area (Å²) in [6.45, 7) is 0.633. The van der Waals surface area contributed by atoms with E-state index < -0.39 is 17.5 Å². The average molecular weight is 243 g/mol. The van der Waals surface area contributed by atoms with E-state index in [9.17, 15) is 14.3 Å². The number of ether oxygens (including phenoxy) is 1. The number of aromatic hydroxyl groups is 1. The summed E-state index contributed by atoms with van der Waals surface area (Å²) < 4.78 is 17.6. The van der Waals surface area contributed by atoms with Gasteiger partial charge in [-0.05, 0) is 12.1 Å². The number of hydrogen-bond acceptors (Lipinski definition) is 4. The van der Waals surface area contributed by atoms with Crippen LogP contribution in [0.3, 0.4) is 0 Å². The molecule has 0 heterocycles. The Labute approximate surface area is 97.8 Å². The summed E-state index contributed by atoms with van der Waals surface area (Å²) >= 11 is 0. The fourth-order valence-corrected chi connectivity index (χ4v) is 1.20. The van der Waals surface area contributed by atoms with Gasteiger partial charge in [-0.25, -0.2) is 4.39 Å². The summed E-state index contributed by atoms with van der Waals surface area (Å²) in [4.78, 5) is 11.5. The van der Waals surface area contributed by atoms with Gasteiger partial charge in [0.05, 0.1) is 25.4 Å². The Kier molecular flexibility index (Phi) is 5.38. The SMILES string of the molecule is O=C(NCCOCCO)c1ccc(F)cc1O. The fraction of sp³-hybridized carbons (Fsp3) is 0.364. The molecule has 0 aromatic heterocycles. The van der Waals surface area contributed by atoms with Gasteiger partial charge in [0.15, 0.2) is 0 Å². The number of rotatable bonds is 6. The molecule has 0 fully saturated rings. The van der Waals surface area contributed by atoms with Crippen LogP contribution in [0.4, 0.5) is 4.39 Å². The Balaban J connectivity index is 2.42. The third-order valence-corrected chi connectivity index (χ3v) is 1.97. The van der Waals surface area contributed by atoms with E-state index in [2.05, 4.69) is 5.32 Å². The number of nitrogens with one attached hydrogen (secondary N) is 1. The van der Waals surface area contributed by atoms with Gasteiger partial charge >= 0.3 is 0 Å². The topological polar surface area (TPSA) is 78.8 Å². The van der Waals surface area contributed by atoms with Crippen molar-refractivity contribution in [3.63, 3.8) is 0 Å². The molecule has 94 valence electrons. The molecule has 0 bridgehead atoms. The third kappa shape index (κ3) is 4.38. The second-order valence-electron chi connectivity index (χ2n) is 3.25. The predicted octanol–water partition coefficient (Wildman–Crippen LogP) is 0.270. The minimum atomic E-state index is -0.606. The number of aliphatic hydroxyl groups excluding tert-OH is 1. The van der Waals surface area contributed by atoms with E-state index in [0.29, 0.717) is 0 Å². The number of benzene rings is 1. The van der Waals surface area contributed by atoms with Gasteiger partial charge in [0.25, 0.3) is 5.91 Å². The molecule has 0 saturated heterocycles. The second kappa shape index (κ2) is 6.82. The lowest BCUT2D eigenvalue weighted by atomic mass is 10.2. The molecular formula is C11H14FNO4. The van der Waals surface area contributed by atoms with E-state index in [1.807, 2.05) is 0 Å². The van der Waals surface area contributed by atoms with Gasteiger partial charge in [-0.15, -0.1) is 0 Å². The second-order valence-corrected chi connectivity index (χ2v) is 3.25. The molecule has 17 heavy (non-hydrogen) atoms. The summed E-state index contributed by atoms with van der Waals surface area (Å²) in [7, 11) is 0. The van der Waals surface area contributed by atoms with Gasteiger partial charge in [-0.2, -0.15) is 0 Å². The molecule has 3 N–H and O–H groups in total. The Morgan fingerprint density at radius 1 is 1.41 bits per heavy atom. The first-order chi connectivity index (χ1) is 8.15. The zero-order valence-corrected chi connectivity index (χ0v) is 9.15. The van der Waals surface area contributed by atoms with Crippen molar-refractivity contribution < 1.29 is 24.1 Å². The van der Waals surface area contributed by atoms with Gasteiger partial charge in [-0.1, -0.05) is 0 Å². The van der Waals surface area contributed by atoms with Gasteiger partial charge in [0.2, 0.25) is 0 Å². The minimum Gasteiger partial charge on any atom is -0.507 e. The fourth-order valence-electron chi connectivity index (χ4n) is 1.20. The Hall–Kier alpha value is -1.66. The zero-order chi connectivity index (χ0) is 12.7. The Morgan fingerprint density at radius 3 is 2.82 bits per heavy atom. The van der Waals surface area contributed by atoms with Crippen LogP contribution in [0.25, 0.3) is 0 Å². The van der Waals surface area contributed by atoms with E-state index in [0.717, 1.165) is 12.1 Å². The van der Waals surface area contributed by atoms with Crippen molar-refractivity contribution in [2.24, 2.45) is 0 Å². The first-order valence-electron chi connectivity index (χ1n) is 5.10. The molecule has 0 aliphatic heterocycles. The Bertz CT molecular complexity index is 384. The zero-order valence-electron chi connectivity index (χ0n) is 9.15. The van der Waals surface area contributed by atoms with Gasteiger partial charge in [-0.3, -0.25) is 4.79 Å². The summed E-state index contributed by atoms with van der Waals surface area (Å²) in [5, 5.41) is 20.3. The lowest BCUT2D eigenvalue weighted by molar-refractivity contribution is 0.0836. The minimum absolute atomic E-state index is 0.00792. The first-order valence-corrected chi connectivity index (χ1v) is 5.10. The number of carbonyl (C=O) groups excluding carboxylic acids is 1. The van der Waals surface area contributed by atoms with Crippen molar-refractivity contribution in [1.29, 1.82) is 0 Å². The summed E-state index contributed by atoms with van der Waals surface area (Å²) in [5.41, 5.74) is 0.00792. The highest BCUT2D eigenvalue weighted by Gasteiger charge is 2.10. The summed E-state index contributed by atoms with van der Waals surface area (Å²) in [6, 6.07) is 3.17. The van der Waals surface area contributed by atoms with Crippen LogP contribution in [0.1, 0.15) is 10.4 Å². The Morgan fingerprint density at radius 2 is 2.18 bits per heavy atom. The van der Waals surface area contributed by atoms with E-state index >= 15 is 0 Å². The van der Waals surface area contributed by atoms with Crippen LogP contribution in [0.15, 0.2) is 18.2 Å². The van der Waals surface area contributed by atoms with Crippen molar-refractivity contribution in [2.45, 2.75) is 0 Å². The number of aliphatic hydroxyl groups is 1. The molecule has 1 amide bonds. The third-order valence-electron chi connectivity index (χ3n) is 1.97. The number of amides is 1. The van der Waals surface area contributed by atoms with Gasteiger partial charge in [0, 0.05) is 12.6 Å². The molecule has 1 aromatic rings. The van der Waals surface area contributed by atoms with Crippen LogP contribution < -0.4 is 5.32 Å². The van der Waals surface area contributed by atoms with Crippen molar-refractivity contribution in [1.82, 2.24) is 5.32 Å². The van der Waals surface area contributed by atoms with Crippen LogP contribution >= 0.6 is 0 Å². The van der Waals surface area contributed by atoms with Crippen molar-refractivity contribution >= 4 is 5.91 Å². The van der Waals surface area contributed by atoms with E-state index in [4.69, 9.17) is 9.84 Å². The maximum atomic E-state index is 12.7. The molecule has 0 unspecified atom stereocenters. The molecule has 0 spiro atoms.